The molecule has 2 aromatic rings. The van der Waals surface area contributed by atoms with E-state index in [0.717, 1.165) is 10.4 Å². The summed E-state index contributed by atoms with van der Waals surface area (Å²) in [5.74, 6) is 0.445. The van der Waals surface area contributed by atoms with Gasteiger partial charge in [0.15, 0.2) is 17.5 Å². The summed E-state index contributed by atoms with van der Waals surface area (Å²) in [4.78, 5) is 28.3. The highest BCUT2D eigenvalue weighted by Crippen LogP contribution is 2.37. The summed E-state index contributed by atoms with van der Waals surface area (Å²) in [5.41, 5.74) is 0.839. The fourth-order valence-corrected chi connectivity index (χ4v) is 4.38. The number of benzene rings is 1. The molecule has 6 nitrogen and oxygen atoms in total. The molecule has 3 heterocycles. The van der Waals surface area contributed by atoms with Gasteiger partial charge in [0.25, 0.3) is 5.91 Å². The van der Waals surface area contributed by atoms with Gasteiger partial charge in [-0.05, 0) is 42.5 Å². The number of hydrogen-bond donors (Lipinski definition) is 0. The summed E-state index contributed by atoms with van der Waals surface area (Å²) in [6.45, 7) is 2.24. The smallest absolute Gasteiger partial charge is 0.333 e. The van der Waals surface area contributed by atoms with E-state index in [1.807, 2.05) is 29.6 Å². The van der Waals surface area contributed by atoms with Gasteiger partial charge in [0.2, 0.25) is 6.10 Å². The third-order valence-electron chi connectivity index (χ3n) is 4.76. The summed E-state index contributed by atoms with van der Waals surface area (Å²) < 4.78 is 16.7. The molecule has 2 aliphatic rings. The van der Waals surface area contributed by atoms with Crippen molar-refractivity contribution in [2.24, 2.45) is 0 Å². The van der Waals surface area contributed by atoms with Gasteiger partial charge < -0.3 is 19.1 Å². The van der Waals surface area contributed by atoms with Crippen molar-refractivity contribution >= 4 is 23.2 Å². The van der Waals surface area contributed by atoms with Crippen LogP contribution in [0.3, 0.4) is 0 Å². The Morgan fingerprint density at radius 2 is 1.92 bits per heavy atom. The van der Waals surface area contributed by atoms with E-state index in [1.165, 1.54) is 7.11 Å². The van der Waals surface area contributed by atoms with Crippen LogP contribution in [0, 0.1) is 0 Å². The first-order valence-electron chi connectivity index (χ1n) is 8.47. The van der Waals surface area contributed by atoms with Crippen molar-refractivity contribution in [3.63, 3.8) is 0 Å². The molecule has 1 aromatic carbocycles. The average Bonchev–Trinajstić information content (AvgIpc) is 3.14. The highest BCUT2D eigenvalue weighted by atomic mass is 32.1. The Hall–Kier alpha value is -2.54. The second-order valence-corrected chi connectivity index (χ2v) is 7.32. The van der Waals surface area contributed by atoms with E-state index >= 15 is 0 Å². The third kappa shape index (κ3) is 2.72. The van der Waals surface area contributed by atoms with Gasteiger partial charge in [-0.25, -0.2) is 4.79 Å². The van der Waals surface area contributed by atoms with Gasteiger partial charge in [-0.2, -0.15) is 0 Å². The van der Waals surface area contributed by atoms with E-state index in [-0.39, 0.29) is 5.91 Å². The minimum Gasteiger partial charge on any atom is -0.482 e. The Labute approximate surface area is 155 Å². The summed E-state index contributed by atoms with van der Waals surface area (Å²) in [6.07, 6.45) is -0.554. The zero-order valence-electron chi connectivity index (χ0n) is 14.5. The first-order chi connectivity index (χ1) is 12.6. The van der Waals surface area contributed by atoms with E-state index in [4.69, 9.17) is 14.2 Å². The zero-order chi connectivity index (χ0) is 18.3. The van der Waals surface area contributed by atoms with Gasteiger partial charge in [0.05, 0.1) is 7.11 Å². The fourth-order valence-electron chi connectivity index (χ4n) is 3.47. The van der Waals surface area contributed by atoms with E-state index in [9.17, 15) is 9.59 Å². The van der Waals surface area contributed by atoms with Crippen LogP contribution in [0.5, 0.6) is 11.5 Å². The van der Waals surface area contributed by atoms with Crippen molar-refractivity contribution in [2.45, 2.75) is 31.6 Å². The molecule has 0 N–H and O–H groups in total. The van der Waals surface area contributed by atoms with Crippen molar-refractivity contribution in [1.82, 2.24) is 4.90 Å². The number of hydrogen-bond acceptors (Lipinski definition) is 6. The maximum absolute atomic E-state index is 13.3. The third-order valence-corrected chi connectivity index (χ3v) is 5.76. The first-order valence-corrected chi connectivity index (χ1v) is 9.35. The Morgan fingerprint density at radius 3 is 2.65 bits per heavy atom. The summed E-state index contributed by atoms with van der Waals surface area (Å²) in [7, 11) is 1.34. The Balaban J connectivity index is 1.64. The molecule has 3 unspecified atom stereocenters. The summed E-state index contributed by atoms with van der Waals surface area (Å²) >= 11 is 1.60. The summed E-state index contributed by atoms with van der Waals surface area (Å²) in [5, 5.41) is 1.94. The summed E-state index contributed by atoms with van der Waals surface area (Å²) in [6, 6.07) is 8.41. The molecule has 4 rings (SSSR count). The van der Waals surface area contributed by atoms with Crippen LogP contribution < -0.4 is 9.47 Å². The number of thiophene rings is 1. The molecular weight excluding hydrogens is 354 g/mol. The van der Waals surface area contributed by atoms with Crippen LogP contribution in [0.2, 0.25) is 0 Å². The Bertz CT molecular complexity index is 848. The molecule has 0 fully saturated rings. The molecular formula is C19H19NO5S. The van der Waals surface area contributed by atoms with Crippen LogP contribution in [-0.2, 0) is 20.7 Å². The lowest BCUT2D eigenvalue weighted by molar-refractivity contribution is -0.159. The highest BCUT2D eigenvalue weighted by Gasteiger charge is 2.43. The number of fused-ring (bicyclic) bond motifs is 2. The molecule has 0 bridgehead atoms. The number of methoxy groups -OCH3 is 1. The molecule has 0 saturated carbocycles. The van der Waals surface area contributed by atoms with Crippen molar-refractivity contribution in [2.75, 3.05) is 13.7 Å². The molecule has 0 saturated heterocycles. The second kappa shape index (κ2) is 6.64. The van der Waals surface area contributed by atoms with E-state index in [2.05, 4.69) is 0 Å². The maximum Gasteiger partial charge on any atom is 0.333 e. The average molecular weight is 373 g/mol. The number of esters is 1. The minimum absolute atomic E-state index is 0.265. The van der Waals surface area contributed by atoms with Gasteiger partial charge in [0.1, 0.15) is 6.10 Å². The molecule has 3 atom stereocenters. The monoisotopic (exact) mass is 373 g/mol. The quantitative estimate of drug-likeness (QED) is 0.757. The van der Waals surface area contributed by atoms with Crippen LogP contribution >= 0.6 is 11.3 Å². The number of amides is 1. The van der Waals surface area contributed by atoms with Gasteiger partial charge >= 0.3 is 5.97 Å². The van der Waals surface area contributed by atoms with Crippen LogP contribution in [0.25, 0.3) is 0 Å². The predicted molar refractivity (Wildman–Crippen MR) is 95.4 cm³/mol. The molecule has 1 amide bonds. The van der Waals surface area contributed by atoms with Crippen LogP contribution in [0.15, 0.2) is 35.7 Å². The molecule has 136 valence electrons. The van der Waals surface area contributed by atoms with Crippen molar-refractivity contribution in [1.29, 1.82) is 0 Å². The lowest BCUT2D eigenvalue weighted by Crippen LogP contribution is -2.54. The van der Waals surface area contributed by atoms with Gasteiger partial charge in [-0.15, -0.1) is 11.3 Å². The van der Waals surface area contributed by atoms with Gasteiger partial charge in [0, 0.05) is 11.4 Å². The SMILES string of the molecule is COC(=O)C1c2ccsc2CCN1C(=O)C1Oc2ccccc2OC1C. The van der Waals surface area contributed by atoms with Crippen molar-refractivity contribution in [3.05, 3.63) is 46.2 Å². The topological polar surface area (TPSA) is 65.1 Å². The van der Waals surface area contributed by atoms with Crippen molar-refractivity contribution in [3.8, 4) is 11.5 Å². The number of nitrogens with zero attached hydrogens (tertiary/aromatic N) is 1. The van der Waals surface area contributed by atoms with Crippen LogP contribution in [0.4, 0.5) is 0 Å². The molecule has 7 heteroatoms. The van der Waals surface area contributed by atoms with Gasteiger partial charge in [-0.1, -0.05) is 12.1 Å². The van der Waals surface area contributed by atoms with Gasteiger partial charge in [-0.3, -0.25) is 4.79 Å². The second-order valence-electron chi connectivity index (χ2n) is 6.31. The standard InChI is InChI=1S/C19H19NO5S/c1-11-17(25-14-6-4-3-5-13(14)24-11)18(21)20-9-7-15-12(8-10-26-15)16(20)19(22)23-2/h3-6,8,10-11,16-17H,7,9H2,1-2H3. The van der Waals surface area contributed by atoms with E-state index in [1.54, 1.807) is 29.2 Å². The molecule has 2 aliphatic heterocycles. The van der Waals surface area contributed by atoms with Crippen molar-refractivity contribution < 1.29 is 23.8 Å². The lowest BCUT2D eigenvalue weighted by Gasteiger charge is -2.39. The Morgan fingerprint density at radius 1 is 1.19 bits per heavy atom. The number of carbonyl (C=O) groups is 2. The molecule has 0 spiro atoms. The highest BCUT2D eigenvalue weighted by molar-refractivity contribution is 7.10. The lowest BCUT2D eigenvalue weighted by atomic mass is 9.98. The van der Waals surface area contributed by atoms with Crippen LogP contribution in [-0.4, -0.2) is 42.6 Å². The first kappa shape index (κ1) is 16.9. The minimum atomic E-state index is -0.808. The number of rotatable bonds is 2. The molecule has 26 heavy (non-hydrogen) atoms. The number of ether oxygens (including phenoxy) is 3. The Kier molecular flexibility index (Phi) is 4.32. The largest absolute Gasteiger partial charge is 0.482 e. The number of para-hydroxylation sites is 2. The molecule has 1 aromatic heterocycles. The fraction of sp³-hybridized carbons (Fsp3) is 0.368. The zero-order valence-corrected chi connectivity index (χ0v) is 15.3. The number of carbonyl (C=O) groups excluding carboxylic acids is 2. The van der Waals surface area contributed by atoms with E-state index in [0.29, 0.717) is 24.5 Å². The molecule has 0 radical (unpaired) electrons. The van der Waals surface area contributed by atoms with E-state index < -0.39 is 24.2 Å². The molecule has 0 aliphatic carbocycles. The normalized spacial score (nSPS) is 23.9. The van der Waals surface area contributed by atoms with Crippen LogP contribution in [0.1, 0.15) is 23.4 Å². The maximum atomic E-state index is 13.3. The predicted octanol–water partition coefficient (Wildman–Crippen LogP) is 2.58.